The third-order valence-electron chi connectivity index (χ3n) is 2.38. The first-order valence-electron chi connectivity index (χ1n) is 5.66. The summed E-state index contributed by atoms with van der Waals surface area (Å²) < 4.78 is 19.0. The Morgan fingerprint density at radius 2 is 2.00 bits per heavy atom. The minimum atomic E-state index is -0.454. The van der Waals surface area contributed by atoms with Crippen LogP contribution in [0.2, 0.25) is 10.2 Å². The maximum absolute atomic E-state index is 13.8. The van der Waals surface area contributed by atoms with Gasteiger partial charge < -0.3 is 4.74 Å². The van der Waals surface area contributed by atoms with Crippen molar-refractivity contribution in [3.05, 3.63) is 46.1 Å². The predicted octanol–water partition coefficient (Wildman–Crippen LogP) is 4.13. The monoisotopic (exact) mass is 300 g/mol. The first-order valence-corrected chi connectivity index (χ1v) is 6.42. The van der Waals surface area contributed by atoms with Crippen molar-refractivity contribution in [2.45, 2.75) is 13.5 Å². The van der Waals surface area contributed by atoms with Crippen LogP contribution >= 0.6 is 23.2 Å². The van der Waals surface area contributed by atoms with E-state index < -0.39 is 5.82 Å². The van der Waals surface area contributed by atoms with Crippen LogP contribution in [0.1, 0.15) is 12.7 Å². The van der Waals surface area contributed by atoms with Gasteiger partial charge in [0.2, 0.25) is 0 Å². The van der Waals surface area contributed by atoms with E-state index >= 15 is 0 Å². The summed E-state index contributed by atoms with van der Waals surface area (Å²) in [4.78, 5) is 8.25. The van der Waals surface area contributed by atoms with Crippen LogP contribution in [0.4, 0.5) is 4.39 Å². The summed E-state index contributed by atoms with van der Waals surface area (Å²) in [6.07, 6.45) is 0. The Hall–Kier alpha value is -1.23. The first-order chi connectivity index (χ1) is 9.10. The zero-order chi connectivity index (χ0) is 13.8. The molecule has 0 aliphatic heterocycles. The highest BCUT2D eigenvalue weighted by molar-refractivity contribution is 6.30. The molecule has 0 aliphatic carbocycles. The molecule has 2 rings (SSSR count). The topological polar surface area (TPSA) is 35.0 Å². The van der Waals surface area contributed by atoms with Crippen LogP contribution in [0.25, 0.3) is 11.3 Å². The van der Waals surface area contributed by atoms with Crippen molar-refractivity contribution in [1.29, 1.82) is 0 Å². The molecule has 0 spiro atoms. The van der Waals surface area contributed by atoms with E-state index in [1.807, 2.05) is 6.92 Å². The number of aromatic nitrogens is 2. The Morgan fingerprint density at radius 3 is 2.68 bits per heavy atom. The molecule has 0 atom stereocenters. The normalized spacial score (nSPS) is 10.7. The Kier molecular flexibility index (Phi) is 4.69. The van der Waals surface area contributed by atoms with Crippen molar-refractivity contribution in [1.82, 2.24) is 9.97 Å². The lowest BCUT2D eigenvalue weighted by Crippen LogP contribution is -2.01. The number of halogens is 3. The molecule has 1 heterocycles. The number of rotatable bonds is 4. The van der Waals surface area contributed by atoms with Gasteiger partial charge in [-0.25, -0.2) is 14.4 Å². The molecule has 2 aromatic rings. The Labute approximate surface area is 120 Å². The van der Waals surface area contributed by atoms with Crippen LogP contribution in [0.5, 0.6) is 0 Å². The van der Waals surface area contributed by atoms with Crippen LogP contribution in [0.3, 0.4) is 0 Å². The third-order valence-corrected chi connectivity index (χ3v) is 2.81. The van der Waals surface area contributed by atoms with Crippen molar-refractivity contribution >= 4 is 23.2 Å². The molecule has 1 aromatic carbocycles. The minimum absolute atomic E-state index is 0.235. The first kappa shape index (κ1) is 14.2. The molecule has 0 bridgehead atoms. The standard InChI is InChI=1S/C13H11Cl2FN2O/c1-2-19-7-13-17-11(6-12(15)18-13)9-4-3-8(14)5-10(9)16/h3-6H,2,7H2,1H3. The van der Waals surface area contributed by atoms with Gasteiger partial charge in [0.05, 0.1) is 5.69 Å². The van der Waals surface area contributed by atoms with E-state index in [1.54, 1.807) is 12.1 Å². The van der Waals surface area contributed by atoms with E-state index in [9.17, 15) is 4.39 Å². The molecular weight excluding hydrogens is 290 g/mol. The van der Waals surface area contributed by atoms with Crippen molar-refractivity contribution in [2.75, 3.05) is 6.61 Å². The summed E-state index contributed by atoms with van der Waals surface area (Å²) in [6, 6.07) is 5.89. The second-order valence-corrected chi connectivity index (χ2v) is 4.58. The fourth-order valence-corrected chi connectivity index (χ4v) is 1.92. The van der Waals surface area contributed by atoms with Gasteiger partial charge in [-0.15, -0.1) is 0 Å². The Bertz CT molecular complexity index is 593. The minimum Gasteiger partial charge on any atom is -0.374 e. The Balaban J connectivity index is 2.41. The van der Waals surface area contributed by atoms with Gasteiger partial charge in [0.1, 0.15) is 17.6 Å². The average molecular weight is 301 g/mol. The van der Waals surface area contributed by atoms with Crippen LogP contribution in [-0.4, -0.2) is 16.6 Å². The number of ether oxygens (including phenoxy) is 1. The fourth-order valence-electron chi connectivity index (χ4n) is 1.56. The van der Waals surface area contributed by atoms with Crippen molar-refractivity contribution in [3.8, 4) is 11.3 Å². The summed E-state index contributed by atoms with van der Waals surface area (Å²) in [7, 11) is 0. The number of hydrogen-bond donors (Lipinski definition) is 0. The average Bonchev–Trinajstić information content (AvgIpc) is 2.35. The van der Waals surface area contributed by atoms with Crippen LogP contribution in [-0.2, 0) is 11.3 Å². The highest BCUT2D eigenvalue weighted by Crippen LogP contribution is 2.25. The molecule has 0 aliphatic rings. The lowest BCUT2D eigenvalue weighted by Gasteiger charge is -2.06. The SMILES string of the molecule is CCOCc1nc(Cl)cc(-c2ccc(Cl)cc2F)n1. The largest absolute Gasteiger partial charge is 0.374 e. The van der Waals surface area contributed by atoms with Gasteiger partial charge in [-0.3, -0.25) is 0 Å². The van der Waals surface area contributed by atoms with Gasteiger partial charge >= 0.3 is 0 Å². The van der Waals surface area contributed by atoms with Gasteiger partial charge in [0, 0.05) is 23.3 Å². The van der Waals surface area contributed by atoms with Crippen molar-refractivity contribution < 1.29 is 9.13 Å². The number of hydrogen-bond acceptors (Lipinski definition) is 3. The van der Waals surface area contributed by atoms with Gasteiger partial charge in [0.15, 0.2) is 5.82 Å². The van der Waals surface area contributed by atoms with Gasteiger partial charge in [-0.05, 0) is 25.1 Å². The van der Waals surface area contributed by atoms with Crippen LogP contribution in [0.15, 0.2) is 24.3 Å². The molecule has 1 aromatic heterocycles. The molecule has 0 saturated carbocycles. The smallest absolute Gasteiger partial charge is 0.156 e. The molecule has 6 heteroatoms. The van der Waals surface area contributed by atoms with E-state index in [4.69, 9.17) is 27.9 Å². The maximum Gasteiger partial charge on any atom is 0.156 e. The molecule has 3 nitrogen and oxygen atoms in total. The summed E-state index contributed by atoms with van der Waals surface area (Å²) >= 11 is 11.6. The van der Waals surface area contributed by atoms with Gasteiger partial charge in [0.25, 0.3) is 0 Å². The van der Waals surface area contributed by atoms with E-state index in [0.717, 1.165) is 0 Å². The highest BCUT2D eigenvalue weighted by Gasteiger charge is 2.10. The lowest BCUT2D eigenvalue weighted by molar-refractivity contribution is 0.128. The summed E-state index contributed by atoms with van der Waals surface area (Å²) in [5, 5.41) is 0.574. The maximum atomic E-state index is 13.8. The molecule has 0 radical (unpaired) electrons. The zero-order valence-electron chi connectivity index (χ0n) is 10.2. The fraction of sp³-hybridized carbons (Fsp3) is 0.231. The van der Waals surface area contributed by atoms with Gasteiger partial charge in [-0.2, -0.15) is 0 Å². The predicted molar refractivity (Wildman–Crippen MR) is 72.8 cm³/mol. The molecule has 100 valence electrons. The Morgan fingerprint density at radius 1 is 1.21 bits per heavy atom. The zero-order valence-corrected chi connectivity index (χ0v) is 11.7. The lowest BCUT2D eigenvalue weighted by atomic mass is 10.1. The quantitative estimate of drug-likeness (QED) is 0.797. The molecule has 0 N–H and O–H groups in total. The van der Waals surface area contributed by atoms with E-state index in [2.05, 4.69) is 9.97 Å². The van der Waals surface area contributed by atoms with Gasteiger partial charge in [-0.1, -0.05) is 23.2 Å². The number of nitrogens with zero attached hydrogens (tertiary/aromatic N) is 2. The molecule has 0 saturated heterocycles. The highest BCUT2D eigenvalue weighted by atomic mass is 35.5. The number of benzene rings is 1. The molecule has 0 amide bonds. The third kappa shape index (κ3) is 3.62. The van der Waals surface area contributed by atoms with E-state index in [1.165, 1.54) is 12.1 Å². The summed E-state index contributed by atoms with van der Waals surface area (Å²) in [5.74, 6) is -0.0386. The summed E-state index contributed by atoms with van der Waals surface area (Å²) in [5.41, 5.74) is 0.732. The second kappa shape index (κ2) is 6.28. The second-order valence-electron chi connectivity index (χ2n) is 3.75. The summed E-state index contributed by atoms with van der Waals surface area (Å²) in [6.45, 7) is 2.64. The van der Waals surface area contributed by atoms with Crippen molar-refractivity contribution in [3.63, 3.8) is 0 Å². The van der Waals surface area contributed by atoms with Crippen LogP contribution in [0, 0.1) is 5.82 Å². The molecule has 0 unspecified atom stereocenters. The molecule has 0 fully saturated rings. The van der Waals surface area contributed by atoms with Crippen molar-refractivity contribution in [2.24, 2.45) is 0 Å². The van der Waals surface area contributed by atoms with Crippen LogP contribution < -0.4 is 0 Å². The molecule has 19 heavy (non-hydrogen) atoms. The van der Waals surface area contributed by atoms with E-state index in [0.29, 0.717) is 28.7 Å². The van der Waals surface area contributed by atoms with E-state index in [-0.39, 0.29) is 11.8 Å². The molecular formula is C13H11Cl2FN2O.